The van der Waals surface area contributed by atoms with Crippen molar-refractivity contribution in [1.29, 1.82) is 0 Å². The van der Waals surface area contributed by atoms with Gasteiger partial charge in [-0.05, 0) is 17.7 Å². The highest BCUT2D eigenvalue weighted by Crippen LogP contribution is 2.32. The van der Waals surface area contributed by atoms with Gasteiger partial charge in [0.15, 0.2) is 0 Å². The first-order valence-corrected chi connectivity index (χ1v) is 6.05. The van der Waals surface area contributed by atoms with Gasteiger partial charge in [-0.3, -0.25) is 0 Å². The fourth-order valence-corrected chi connectivity index (χ4v) is 2.45. The Hall–Kier alpha value is -0.990. The monoisotopic (exact) mass is 296 g/mol. The van der Waals surface area contributed by atoms with Gasteiger partial charge in [-0.25, -0.2) is 0 Å². The fraction of sp³-hybridized carbons (Fsp3) is 0.0769. The molecule has 3 heteroatoms. The van der Waals surface area contributed by atoms with Crippen LogP contribution in [0.3, 0.4) is 0 Å². The molecule has 0 saturated carbocycles. The first kappa shape index (κ1) is 11.5. The predicted molar refractivity (Wildman–Crippen MR) is 70.1 cm³/mol. The molecule has 0 spiro atoms. The van der Waals surface area contributed by atoms with Crippen molar-refractivity contribution in [2.24, 2.45) is 0 Å². The lowest BCUT2D eigenvalue weighted by molar-refractivity contribution is 0.469. The molecule has 0 atom stereocenters. The Balaban J connectivity index is 2.35. The van der Waals surface area contributed by atoms with Gasteiger partial charge in [0, 0.05) is 16.5 Å². The summed E-state index contributed by atoms with van der Waals surface area (Å²) >= 11 is 9.27. The SMILES string of the molecule is Oc1c(Cl)cc(Br)cc1Cc1ccccc1. The van der Waals surface area contributed by atoms with Crippen molar-refractivity contribution in [1.82, 2.24) is 0 Å². The summed E-state index contributed by atoms with van der Waals surface area (Å²) < 4.78 is 0.876. The number of halogens is 2. The molecule has 2 aromatic rings. The molecule has 0 heterocycles. The Kier molecular flexibility index (Phi) is 3.52. The van der Waals surface area contributed by atoms with Gasteiger partial charge >= 0.3 is 0 Å². The molecule has 0 aromatic heterocycles. The molecule has 16 heavy (non-hydrogen) atoms. The van der Waals surface area contributed by atoms with E-state index in [1.165, 1.54) is 0 Å². The van der Waals surface area contributed by atoms with E-state index in [1.807, 2.05) is 36.4 Å². The zero-order chi connectivity index (χ0) is 11.5. The average Bonchev–Trinajstić information content (AvgIpc) is 2.27. The number of hydrogen-bond donors (Lipinski definition) is 1. The van der Waals surface area contributed by atoms with Gasteiger partial charge in [0.25, 0.3) is 0 Å². The predicted octanol–water partition coefficient (Wildman–Crippen LogP) is 4.40. The van der Waals surface area contributed by atoms with Crippen LogP contribution in [-0.4, -0.2) is 5.11 Å². The van der Waals surface area contributed by atoms with Gasteiger partial charge < -0.3 is 5.11 Å². The molecule has 0 aliphatic rings. The molecule has 1 N–H and O–H groups in total. The number of rotatable bonds is 2. The van der Waals surface area contributed by atoms with Crippen LogP contribution in [0.2, 0.25) is 5.02 Å². The summed E-state index contributed by atoms with van der Waals surface area (Å²) in [7, 11) is 0. The highest BCUT2D eigenvalue weighted by atomic mass is 79.9. The third-order valence-corrected chi connectivity index (χ3v) is 3.09. The van der Waals surface area contributed by atoms with E-state index in [1.54, 1.807) is 6.07 Å². The number of benzene rings is 2. The normalized spacial score (nSPS) is 10.4. The lowest BCUT2D eigenvalue weighted by Gasteiger charge is -2.07. The fourth-order valence-electron chi connectivity index (χ4n) is 1.57. The van der Waals surface area contributed by atoms with E-state index in [9.17, 15) is 5.11 Å². The lowest BCUT2D eigenvalue weighted by Crippen LogP contribution is -1.89. The minimum Gasteiger partial charge on any atom is -0.506 e. The molecule has 0 unspecified atom stereocenters. The zero-order valence-corrected chi connectivity index (χ0v) is 10.8. The topological polar surface area (TPSA) is 20.2 Å². The molecule has 2 aromatic carbocycles. The number of phenolic OH excluding ortho intramolecular Hbond substituents is 1. The van der Waals surface area contributed by atoms with Crippen molar-refractivity contribution < 1.29 is 5.11 Å². The highest BCUT2D eigenvalue weighted by Gasteiger charge is 2.08. The van der Waals surface area contributed by atoms with E-state index in [-0.39, 0.29) is 5.75 Å². The average molecular weight is 298 g/mol. The van der Waals surface area contributed by atoms with Crippen molar-refractivity contribution in [3.05, 3.63) is 63.1 Å². The van der Waals surface area contributed by atoms with Crippen LogP contribution in [0.25, 0.3) is 0 Å². The molecule has 0 aliphatic carbocycles. The lowest BCUT2D eigenvalue weighted by atomic mass is 10.0. The number of hydrogen-bond acceptors (Lipinski definition) is 1. The largest absolute Gasteiger partial charge is 0.506 e. The van der Waals surface area contributed by atoms with Crippen molar-refractivity contribution >= 4 is 27.5 Å². The second kappa shape index (κ2) is 4.89. The van der Waals surface area contributed by atoms with Gasteiger partial charge in [0.2, 0.25) is 0 Å². The van der Waals surface area contributed by atoms with Gasteiger partial charge in [0.1, 0.15) is 5.75 Å². The van der Waals surface area contributed by atoms with Crippen LogP contribution in [0.4, 0.5) is 0 Å². The van der Waals surface area contributed by atoms with Crippen molar-refractivity contribution in [3.8, 4) is 5.75 Å². The summed E-state index contributed by atoms with van der Waals surface area (Å²) in [6, 6.07) is 13.5. The maximum atomic E-state index is 9.83. The Morgan fingerprint density at radius 3 is 2.50 bits per heavy atom. The summed E-state index contributed by atoms with van der Waals surface area (Å²) in [5, 5.41) is 10.2. The van der Waals surface area contributed by atoms with Crippen LogP contribution in [0.5, 0.6) is 5.75 Å². The van der Waals surface area contributed by atoms with Crippen LogP contribution in [-0.2, 0) is 6.42 Å². The molecule has 0 fully saturated rings. The van der Waals surface area contributed by atoms with Crippen LogP contribution >= 0.6 is 27.5 Å². The summed E-state index contributed by atoms with van der Waals surface area (Å²) in [5.41, 5.74) is 1.97. The van der Waals surface area contributed by atoms with Crippen molar-refractivity contribution in [3.63, 3.8) is 0 Å². The Morgan fingerprint density at radius 2 is 1.81 bits per heavy atom. The van der Waals surface area contributed by atoms with Crippen molar-refractivity contribution in [2.45, 2.75) is 6.42 Å². The van der Waals surface area contributed by atoms with Gasteiger partial charge in [-0.2, -0.15) is 0 Å². The summed E-state index contributed by atoms with van der Waals surface area (Å²) in [6.07, 6.45) is 0.672. The van der Waals surface area contributed by atoms with Crippen LogP contribution in [0, 0.1) is 0 Å². The van der Waals surface area contributed by atoms with Crippen molar-refractivity contribution in [2.75, 3.05) is 0 Å². The van der Waals surface area contributed by atoms with Crippen LogP contribution in [0.1, 0.15) is 11.1 Å². The molecule has 0 amide bonds. The zero-order valence-electron chi connectivity index (χ0n) is 8.45. The van der Waals surface area contributed by atoms with E-state index in [2.05, 4.69) is 15.9 Å². The summed E-state index contributed by atoms with van der Waals surface area (Å²) in [5.74, 6) is 0.161. The summed E-state index contributed by atoms with van der Waals surface area (Å²) in [6.45, 7) is 0. The second-order valence-electron chi connectivity index (χ2n) is 3.56. The standard InChI is InChI=1S/C13H10BrClO/c14-11-7-10(13(16)12(15)8-11)6-9-4-2-1-3-5-9/h1-5,7-8,16H,6H2. The first-order valence-electron chi connectivity index (χ1n) is 4.87. The molecule has 0 radical (unpaired) electrons. The quantitative estimate of drug-likeness (QED) is 0.871. The Labute approximate surface area is 108 Å². The van der Waals surface area contributed by atoms with E-state index in [4.69, 9.17) is 11.6 Å². The van der Waals surface area contributed by atoms with E-state index in [0.717, 1.165) is 15.6 Å². The first-order chi connectivity index (χ1) is 7.66. The molecule has 2 rings (SSSR count). The van der Waals surface area contributed by atoms with E-state index >= 15 is 0 Å². The Bertz CT molecular complexity index is 497. The minimum atomic E-state index is 0.161. The maximum absolute atomic E-state index is 9.83. The molecule has 0 saturated heterocycles. The third-order valence-electron chi connectivity index (χ3n) is 2.34. The molecular formula is C13H10BrClO. The van der Waals surface area contributed by atoms with Gasteiger partial charge in [-0.1, -0.05) is 57.9 Å². The molecule has 1 nitrogen and oxygen atoms in total. The smallest absolute Gasteiger partial charge is 0.137 e. The van der Waals surface area contributed by atoms with E-state index in [0.29, 0.717) is 11.4 Å². The number of aromatic hydroxyl groups is 1. The molecule has 0 bridgehead atoms. The van der Waals surface area contributed by atoms with E-state index < -0.39 is 0 Å². The molecule has 82 valence electrons. The van der Waals surface area contributed by atoms with Gasteiger partial charge in [-0.15, -0.1) is 0 Å². The molecule has 0 aliphatic heterocycles. The second-order valence-corrected chi connectivity index (χ2v) is 4.88. The molecular weight excluding hydrogens is 287 g/mol. The van der Waals surface area contributed by atoms with Gasteiger partial charge in [0.05, 0.1) is 5.02 Å². The highest BCUT2D eigenvalue weighted by molar-refractivity contribution is 9.10. The summed E-state index contributed by atoms with van der Waals surface area (Å²) in [4.78, 5) is 0. The van der Waals surface area contributed by atoms with Crippen LogP contribution in [0.15, 0.2) is 46.9 Å². The maximum Gasteiger partial charge on any atom is 0.137 e. The van der Waals surface area contributed by atoms with Crippen LogP contribution < -0.4 is 0 Å². The number of phenols is 1. The minimum absolute atomic E-state index is 0.161. The Morgan fingerprint density at radius 1 is 1.12 bits per heavy atom. The third kappa shape index (κ3) is 2.57.